The maximum absolute atomic E-state index is 13.2. The second-order valence-corrected chi connectivity index (χ2v) is 8.93. The summed E-state index contributed by atoms with van der Waals surface area (Å²) in [6.45, 7) is 6.04. The van der Waals surface area contributed by atoms with Crippen molar-refractivity contribution in [2.24, 2.45) is 0 Å². The molecule has 162 valence electrons. The van der Waals surface area contributed by atoms with Crippen LogP contribution >= 0.6 is 35.0 Å². The minimum Gasteiger partial charge on any atom is -0.352 e. The van der Waals surface area contributed by atoms with E-state index in [9.17, 15) is 9.59 Å². The fourth-order valence-electron chi connectivity index (χ4n) is 2.96. The minimum atomic E-state index is -0.602. The Morgan fingerprint density at radius 3 is 2.20 bits per heavy atom. The van der Waals surface area contributed by atoms with Crippen LogP contribution in [0, 0.1) is 0 Å². The Hall–Kier alpha value is -1.69. The number of carbonyl (C=O) groups is 2. The maximum Gasteiger partial charge on any atom is 0.243 e. The summed E-state index contributed by atoms with van der Waals surface area (Å²) in [4.78, 5) is 28.8. The molecule has 0 fully saturated rings. The second-order valence-electron chi connectivity index (χ2n) is 7.07. The summed E-state index contributed by atoms with van der Waals surface area (Å²) >= 11 is 14.2. The van der Waals surface area contributed by atoms with Gasteiger partial charge >= 0.3 is 0 Å². The van der Waals surface area contributed by atoms with Crippen LogP contribution < -0.4 is 5.32 Å². The van der Waals surface area contributed by atoms with Gasteiger partial charge in [-0.3, -0.25) is 9.59 Å². The van der Waals surface area contributed by atoms with Gasteiger partial charge in [-0.15, -0.1) is 11.8 Å². The summed E-state index contributed by atoms with van der Waals surface area (Å²) in [7, 11) is 0. The minimum absolute atomic E-state index is 0.0334. The summed E-state index contributed by atoms with van der Waals surface area (Å²) in [6.07, 6.45) is 1.31. The van der Waals surface area contributed by atoms with Crippen LogP contribution in [0.25, 0.3) is 0 Å². The number of thioether (sulfide) groups is 1. The maximum atomic E-state index is 13.2. The predicted octanol–water partition coefficient (Wildman–Crippen LogP) is 5.81. The summed E-state index contributed by atoms with van der Waals surface area (Å²) in [6, 6.07) is 14.4. The van der Waals surface area contributed by atoms with E-state index < -0.39 is 6.04 Å². The first-order valence-corrected chi connectivity index (χ1v) is 11.8. The average molecular weight is 467 g/mol. The van der Waals surface area contributed by atoms with Gasteiger partial charge in [-0.05, 0) is 44.0 Å². The van der Waals surface area contributed by atoms with Crippen LogP contribution in [-0.4, -0.2) is 34.6 Å². The number of amides is 2. The van der Waals surface area contributed by atoms with Crippen molar-refractivity contribution in [3.63, 3.8) is 0 Å². The van der Waals surface area contributed by atoms with Gasteiger partial charge in [0.2, 0.25) is 11.8 Å². The van der Waals surface area contributed by atoms with Gasteiger partial charge in [-0.1, -0.05) is 61.3 Å². The van der Waals surface area contributed by atoms with Crippen LogP contribution in [-0.2, 0) is 16.1 Å². The van der Waals surface area contributed by atoms with Gasteiger partial charge in [-0.2, -0.15) is 0 Å². The Morgan fingerprint density at radius 2 is 1.63 bits per heavy atom. The van der Waals surface area contributed by atoms with Crippen molar-refractivity contribution >= 4 is 46.8 Å². The third-order valence-electron chi connectivity index (χ3n) is 4.88. The number of carbonyl (C=O) groups excluding carboxylic acids is 2. The lowest BCUT2D eigenvalue weighted by Gasteiger charge is -2.32. The van der Waals surface area contributed by atoms with Gasteiger partial charge < -0.3 is 10.2 Å². The largest absolute Gasteiger partial charge is 0.352 e. The lowest BCUT2D eigenvalue weighted by Crippen LogP contribution is -2.51. The molecule has 2 aromatic rings. The number of halogens is 2. The van der Waals surface area contributed by atoms with Crippen LogP contribution in [0.2, 0.25) is 10.0 Å². The molecule has 0 aliphatic rings. The number of rotatable bonds is 10. The third kappa shape index (κ3) is 6.93. The molecule has 0 radical (unpaired) electrons. The van der Waals surface area contributed by atoms with Crippen LogP contribution in [0.1, 0.15) is 39.2 Å². The Labute approximate surface area is 193 Å². The molecule has 0 saturated heterocycles. The highest BCUT2D eigenvalue weighted by Gasteiger charge is 2.30. The summed E-state index contributed by atoms with van der Waals surface area (Å²) in [5.74, 6) is -0.0711. The van der Waals surface area contributed by atoms with E-state index in [1.807, 2.05) is 51.1 Å². The van der Waals surface area contributed by atoms with Gasteiger partial charge in [0.1, 0.15) is 6.04 Å². The van der Waals surface area contributed by atoms with E-state index in [1.165, 1.54) is 11.8 Å². The van der Waals surface area contributed by atoms with Gasteiger partial charge in [0.25, 0.3) is 0 Å². The number of hydrogen-bond donors (Lipinski definition) is 1. The first-order valence-electron chi connectivity index (χ1n) is 10.1. The first kappa shape index (κ1) is 24.6. The molecule has 2 amide bonds. The molecule has 0 aromatic heterocycles. The number of benzene rings is 2. The monoisotopic (exact) mass is 466 g/mol. The Balaban J connectivity index is 2.27. The van der Waals surface area contributed by atoms with Gasteiger partial charge in [0.05, 0.1) is 5.75 Å². The van der Waals surface area contributed by atoms with Crippen molar-refractivity contribution in [3.8, 4) is 0 Å². The van der Waals surface area contributed by atoms with E-state index in [4.69, 9.17) is 23.2 Å². The average Bonchev–Trinajstić information content (AvgIpc) is 2.74. The lowest BCUT2D eigenvalue weighted by molar-refractivity contribution is -0.139. The molecule has 0 saturated carbocycles. The smallest absolute Gasteiger partial charge is 0.243 e. The molecule has 2 atom stereocenters. The van der Waals surface area contributed by atoms with Crippen LogP contribution in [0.3, 0.4) is 0 Å². The summed E-state index contributed by atoms with van der Waals surface area (Å²) < 4.78 is 0. The number of nitrogens with zero attached hydrogens (tertiary/aromatic N) is 1. The van der Waals surface area contributed by atoms with Crippen molar-refractivity contribution in [1.29, 1.82) is 0 Å². The zero-order valence-corrected chi connectivity index (χ0v) is 19.9. The fourth-order valence-corrected chi connectivity index (χ4v) is 4.28. The molecule has 0 aliphatic carbocycles. The molecule has 0 bridgehead atoms. The molecular weight excluding hydrogens is 439 g/mol. The van der Waals surface area contributed by atoms with E-state index in [-0.39, 0.29) is 30.2 Å². The molecule has 0 heterocycles. The van der Waals surface area contributed by atoms with Crippen molar-refractivity contribution < 1.29 is 9.59 Å². The molecule has 1 N–H and O–H groups in total. The molecule has 30 heavy (non-hydrogen) atoms. The normalized spacial score (nSPS) is 12.8. The Kier molecular flexibility index (Phi) is 10.0. The topological polar surface area (TPSA) is 49.4 Å². The molecule has 4 nitrogen and oxygen atoms in total. The molecule has 2 aromatic carbocycles. The zero-order valence-electron chi connectivity index (χ0n) is 17.5. The SMILES string of the molecule is CC[C@@H](C)NC(=O)[C@H](CC)N(Cc1c(Cl)cccc1Cl)C(=O)CSc1ccccc1. The Morgan fingerprint density at radius 1 is 1.00 bits per heavy atom. The third-order valence-corrected chi connectivity index (χ3v) is 6.59. The number of nitrogens with one attached hydrogen (secondary N) is 1. The lowest BCUT2D eigenvalue weighted by atomic mass is 10.1. The van der Waals surface area contributed by atoms with Gasteiger partial charge in [0.15, 0.2) is 0 Å². The molecular formula is C23H28Cl2N2O2S. The number of hydrogen-bond acceptors (Lipinski definition) is 3. The molecule has 2 rings (SSSR count). The Bertz CT molecular complexity index is 828. The highest BCUT2D eigenvalue weighted by molar-refractivity contribution is 8.00. The molecule has 0 spiro atoms. The van der Waals surface area contributed by atoms with Crippen molar-refractivity contribution in [1.82, 2.24) is 10.2 Å². The van der Waals surface area contributed by atoms with E-state index in [2.05, 4.69) is 5.32 Å². The standard InChI is InChI=1S/C23H28Cl2N2O2S/c1-4-16(3)26-23(29)21(5-2)27(14-18-19(24)12-9-13-20(18)25)22(28)15-30-17-10-7-6-8-11-17/h6-13,16,21H,4-5,14-15H2,1-3H3,(H,26,29)/t16-,21+/m1/s1. The molecule has 0 unspecified atom stereocenters. The van der Waals surface area contributed by atoms with E-state index in [0.717, 1.165) is 11.3 Å². The van der Waals surface area contributed by atoms with Crippen molar-refractivity contribution in [2.45, 2.75) is 57.1 Å². The highest BCUT2D eigenvalue weighted by Crippen LogP contribution is 2.28. The van der Waals surface area contributed by atoms with Crippen LogP contribution in [0.15, 0.2) is 53.4 Å². The van der Waals surface area contributed by atoms with Crippen molar-refractivity contribution in [3.05, 3.63) is 64.1 Å². The van der Waals surface area contributed by atoms with Crippen LogP contribution in [0.4, 0.5) is 0 Å². The highest BCUT2D eigenvalue weighted by atomic mass is 35.5. The molecule has 7 heteroatoms. The first-order chi connectivity index (χ1) is 14.4. The fraction of sp³-hybridized carbons (Fsp3) is 0.391. The predicted molar refractivity (Wildman–Crippen MR) is 126 cm³/mol. The summed E-state index contributed by atoms with van der Waals surface area (Å²) in [5, 5.41) is 3.96. The van der Waals surface area contributed by atoms with Crippen LogP contribution in [0.5, 0.6) is 0 Å². The zero-order chi connectivity index (χ0) is 22.1. The van der Waals surface area contributed by atoms with E-state index in [1.54, 1.807) is 23.1 Å². The van der Waals surface area contributed by atoms with Gasteiger partial charge in [-0.25, -0.2) is 0 Å². The van der Waals surface area contributed by atoms with Gasteiger partial charge in [0, 0.05) is 33.1 Å². The summed E-state index contributed by atoms with van der Waals surface area (Å²) in [5.41, 5.74) is 0.647. The second kappa shape index (κ2) is 12.2. The van der Waals surface area contributed by atoms with E-state index >= 15 is 0 Å². The molecule has 0 aliphatic heterocycles. The van der Waals surface area contributed by atoms with Crippen molar-refractivity contribution in [2.75, 3.05) is 5.75 Å². The quantitative estimate of drug-likeness (QED) is 0.449. The van der Waals surface area contributed by atoms with E-state index in [0.29, 0.717) is 22.0 Å².